The molecule has 1 aliphatic rings. The maximum atomic E-state index is 4.16. The molecule has 0 bridgehead atoms. The number of hydrogen-bond donors (Lipinski definition) is 1. The summed E-state index contributed by atoms with van der Waals surface area (Å²) in [7, 11) is 0. The Kier molecular flexibility index (Phi) is 5.04. The maximum Gasteiger partial charge on any atom is 0.0163 e. The smallest absolute Gasteiger partial charge is 0.0163 e. The summed E-state index contributed by atoms with van der Waals surface area (Å²) in [6.07, 6.45) is 8.42. The number of thiol groups is 1. The molecule has 0 aromatic heterocycles. The van der Waals surface area contributed by atoms with Crippen molar-refractivity contribution < 1.29 is 0 Å². The molecule has 1 saturated heterocycles. The van der Waals surface area contributed by atoms with Gasteiger partial charge in [0.15, 0.2) is 0 Å². The SMILES string of the molecule is CCC1(C)CCN(CC=CCS)CC1. The third-order valence-electron chi connectivity index (χ3n) is 3.55. The molecule has 82 valence electrons. The van der Waals surface area contributed by atoms with Crippen molar-refractivity contribution in [1.29, 1.82) is 0 Å². The maximum absolute atomic E-state index is 4.16. The number of nitrogens with zero attached hydrogens (tertiary/aromatic N) is 1. The first-order valence-electron chi connectivity index (χ1n) is 5.68. The van der Waals surface area contributed by atoms with Gasteiger partial charge in [0.1, 0.15) is 0 Å². The fourth-order valence-electron chi connectivity index (χ4n) is 1.93. The van der Waals surface area contributed by atoms with Crippen molar-refractivity contribution in [3.8, 4) is 0 Å². The topological polar surface area (TPSA) is 3.24 Å². The van der Waals surface area contributed by atoms with Crippen molar-refractivity contribution in [3.05, 3.63) is 12.2 Å². The number of piperidine rings is 1. The van der Waals surface area contributed by atoms with Crippen LogP contribution in [0.2, 0.25) is 0 Å². The van der Waals surface area contributed by atoms with Crippen LogP contribution in [0.4, 0.5) is 0 Å². The lowest BCUT2D eigenvalue weighted by Gasteiger charge is -2.38. The van der Waals surface area contributed by atoms with Crippen LogP contribution in [0.3, 0.4) is 0 Å². The molecular formula is C12H23NS. The molecule has 0 spiro atoms. The minimum Gasteiger partial charge on any atom is -0.300 e. The molecule has 0 aromatic rings. The van der Waals surface area contributed by atoms with Gasteiger partial charge in [0.05, 0.1) is 0 Å². The van der Waals surface area contributed by atoms with Crippen molar-refractivity contribution in [1.82, 2.24) is 4.90 Å². The van der Waals surface area contributed by atoms with E-state index in [1.807, 2.05) is 0 Å². The van der Waals surface area contributed by atoms with E-state index in [-0.39, 0.29) is 0 Å². The van der Waals surface area contributed by atoms with Crippen molar-refractivity contribution in [3.63, 3.8) is 0 Å². The predicted molar refractivity (Wildman–Crippen MR) is 67.1 cm³/mol. The summed E-state index contributed by atoms with van der Waals surface area (Å²) >= 11 is 4.16. The van der Waals surface area contributed by atoms with Gasteiger partial charge in [-0.2, -0.15) is 12.6 Å². The second kappa shape index (κ2) is 5.82. The molecule has 0 aromatic carbocycles. The highest BCUT2D eigenvalue weighted by Gasteiger charge is 2.27. The molecule has 0 saturated carbocycles. The third-order valence-corrected chi connectivity index (χ3v) is 3.76. The van der Waals surface area contributed by atoms with Gasteiger partial charge in [0.2, 0.25) is 0 Å². The van der Waals surface area contributed by atoms with Gasteiger partial charge in [-0.05, 0) is 31.3 Å². The van der Waals surface area contributed by atoms with Crippen molar-refractivity contribution in [2.45, 2.75) is 33.1 Å². The summed E-state index contributed by atoms with van der Waals surface area (Å²) in [4.78, 5) is 2.54. The average molecular weight is 213 g/mol. The van der Waals surface area contributed by atoms with E-state index >= 15 is 0 Å². The van der Waals surface area contributed by atoms with Crippen molar-refractivity contribution in [2.24, 2.45) is 5.41 Å². The van der Waals surface area contributed by atoms with Crippen LogP contribution in [0.15, 0.2) is 12.2 Å². The van der Waals surface area contributed by atoms with Crippen LogP contribution in [-0.4, -0.2) is 30.3 Å². The Bertz CT molecular complexity index is 181. The Hall–Kier alpha value is 0.0500. The highest BCUT2D eigenvalue weighted by atomic mass is 32.1. The van der Waals surface area contributed by atoms with Crippen LogP contribution >= 0.6 is 12.6 Å². The lowest BCUT2D eigenvalue weighted by atomic mass is 9.78. The lowest BCUT2D eigenvalue weighted by molar-refractivity contribution is 0.124. The first kappa shape index (κ1) is 12.1. The molecule has 1 fully saturated rings. The van der Waals surface area contributed by atoms with E-state index in [0.717, 1.165) is 12.3 Å². The first-order valence-corrected chi connectivity index (χ1v) is 6.31. The zero-order valence-corrected chi connectivity index (χ0v) is 10.4. The molecule has 2 heteroatoms. The highest BCUT2D eigenvalue weighted by Crippen LogP contribution is 2.33. The van der Waals surface area contributed by atoms with Crippen LogP contribution in [0, 0.1) is 5.41 Å². The quantitative estimate of drug-likeness (QED) is 0.555. The Morgan fingerprint density at radius 2 is 1.93 bits per heavy atom. The standard InChI is InChI=1S/C12H23NS/c1-3-12(2)6-9-13(10-7-12)8-4-5-11-14/h4-5,14H,3,6-11H2,1-2H3. The van der Waals surface area contributed by atoms with E-state index in [1.165, 1.54) is 32.4 Å². The second-order valence-corrected chi connectivity index (χ2v) is 4.98. The molecular weight excluding hydrogens is 190 g/mol. The summed E-state index contributed by atoms with van der Waals surface area (Å²) in [6, 6.07) is 0. The van der Waals surface area contributed by atoms with Crippen LogP contribution in [0.25, 0.3) is 0 Å². The van der Waals surface area contributed by atoms with E-state index in [2.05, 4.69) is 43.5 Å². The minimum absolute atomic E-state index is 0.615. The molecule has 1 nitrogen and oxygen atoms in total. The van der Waals surface area contributed by atoms with Gasteiger partial charge in [-0.15, -0.1) is 0 Å². The largest absolute Gasteiger partial charge is 0.300 e. The Labute approximate surface area is 94.0 Å². The number of likely N-dealkylation sites (tertiary alicyclic amines) is 1. The molecule has 1 rings (SSSR count). The Morgan fingerprint density at radius 1 is 1.29 bits per heavy atom. The van der Waals surface area contributed by atoms with E-state index in [1.54, 1.807) is 0 Å². The van der Waals surface area contributed by atoms with Crippen LogP contribution < -0.4 is 0 Å². The fraction of sp³-hybridized carbons (Fsp3) is 0.833. The molecule has 0 radical (unpaired) electrons. The zero-order valence-electron chi connectivity index (χ0n) is 9.50. The number of rotatable bonds is 4. The van der Waals surface area contributed by atoms with Crippen LogP contribution in [-0.2, 0) is 0 Å². The van der Waals surface area contributed by atoms with Gasteiger partial charge in [0.25, 0.3) is 0 Å². The molecule has 0 unspecified atom stereocenters. The van der Waals surface area contributed by atoms with Gasteiger partial charge < -0.3 is 0 Å². The van der Waals surface area contributed by atoms with E-state index < -0.39 is 0 Å². The fourth-order valence-corrected chi connectivity index (χ4v) is 2.08. The van der Waals surface area contributed by atoms with Gasteiger partial charge >= 0.3 is 0 Å². The number of hydrogen-bond acceptors (Lipinski definition) is 2. The summed E-state index contributed by atoms with van der Waals surface area (Å²) in [5.41, 5.74) is 0.615. The minimum atomic E-state index is 0.615. The first-order chi connectivity index (χ1) is 6.70. The van der Waals surface area contributed by atoms with Gasteiger partial charge in [-0.25, -0.2) is 0 Å². The third kappa shape index (κ3) is 3.66. The summed E-state index contributed by atoms with van der Waals surface area (Å²) in [5.74, 6) is 0.862. The molecule has 1 aliphatic heterocycles. The summed E-state index contributed by atoms with van der Waals surface area (Å²) in [6.45, 7) is 8.38. The average Bonchev–Trinajstić information content (AvgIpc) is 2.22. The van der Waals surface area contributed by atoms with Gasteiger partial charge in [-0.1, -0.05) is 32.4 Å². The monoisotopic (exact) mass is 213 g/mol. The Balaban J connectivity index is 2.25. The molecule has 14 heavy (non-hydrogen) atoms. The molecule has 1 heterocycles. The van der Waals surface area contributed by atoms with E-state index in [4.69, 9.17) is 0 Å². The molecule has 0 N–H and O–H groups in total. The van der Waals surface area contributed by atoms with Crippen LogP contribution in [0.5, 0.6) is 0 Å². The van der Waals surface area contributed by atoms with Gasteiger partial charge in [0, 0.05) is 12.3 Å². The summed E-state index contributed by atoms with van der Waals surface area (Å²) < 4.78 is 0. The molecule has 0 aliphatic carbocycles. The van der Waals surface area contributed by atoms with Gasteiger partial charge in [-0.3, -0.25) is 4.90 Å². The molecule has 0 atom stereocenters. The van der Waals surface area contributed by atoms with Crippen molar-refractivity contribution >= 4 is 12.6 Å². The zero-order chi connectivity index (χ0) is 10.4. The lowest BCUT2D eigenvalue weighted by Crippen LogP contribution is -2.38. The highest BCUT2D eigenvalue weighted by molar-refractivity contribution is 7.80. The predicted octanol–water partition coefficient (Wildman–Crippen LogP) is 2.98. The van der Waals surface area contributed by atoms with E-state index in [9.17, 15) is 0 Å². The molecule has 0 amide bonds. The van der Waals surface area contributed by atoms with Crippen molar-refractivity contribution in [2.75, 3.05) is 25.4 Å². The summed E-state index contributed by atoms with van der Waals surface area (Å²) in [5, 5.41) is 0. The van der Waals surface area contributed by atoms with Crippen LogP contribution in [0.1, 0.15) is 33.1 Å². The second-order valence-electron chi connectivity index (χ2n) is 4.62. The van der Waals surface area contributed by atoms with E-state index in [0.29, 0.717) is 5.41 Å². The normalized spacial score (nSPS) is 23.1. The Morgan fingerprint density at radius 3 is 2.43 bits per heavy atom.